The molecule has 0 aliphatic carbocycles. The molecule has 0 aromatic carbocycles. The Morgan fingerprint density at radius 3 is 2.93 bits per heavy atom. The van der Waals surface area contributed by atoms with Gasteiger partial charge in [0.05, 0.1) is 6.10 Å². The SMILES string of the molecule is CC1OCCC1N(C)CCC(=O)NN. The van der Waals surface area contributed by atoms with E-state index in [1.807, 2.05) is 7.05 Å². The third kappa shape index (κ3) is 2.94. The molecule has 82 valence electrons. The van der Waals surface area contributed by atoms with Crippen LogP contribution in [0.1, 0.15) is 19.8 Å². The highest BCUT2D eigenvalue weighted by molar-refractivity contribution is 5.75. The molecular formula is C9H19N3O2. The fourth-order valence-corrected chi connectivity index (χ4v) is 1.82. The molecule has 3 N–H and O–H groups in total. The van der Waals surface area contributed by atoms with Crippen LogP contribution in [0.4, 0.5) is 0 Å². The minimum atomic E-state index is -0.122. The molecule has 0 aromatic heterocycles. The number of rotatable bonds is 4. The summed E-state index contributed by atoms with van der Waals surface area (Å²) in [6.45, 7) is 3.61. The molecule has 5 heteroatoms. The van der Waals surface area contributed by atoms with Crippen LogP contribution < -0.4 is 11.3 Å². The number of carbonyl (C=O) groups is 1. The highest BCUT2D eigenvalue weighted by Gasteiger charge is 2.27. The Bertz CT molecular complexity index is 198. The lowest BCUT2D eigenvalue weighted by Crippen LogP contribution is -2.40. The Morgan fingerprint density at radius 1 is 1.71 bits per heavy atom. The van der Waals surface area contributed by atoms with Gasteiger partial charge in [0.1, 0.15) is 0 Å². The number of nitrogens with one attached hydrogen (secondary N) is 1. The Labute approximate surface area is 84.5 Å². The molecule has 0 aromatic rings. The monoisotopic (exact) mass is 201 g/mol. The van der Waals surface area contributed by atoms with E-state index in [0.717, 1.165) is 19.6 Å². The van der Waals surface area contributed by atoms with Crippen molar-refractivity contribution in [1.82, 2.24) is 10.3 Å². The largest absolute Gasteiger partial charge is 0.377 e. The number of hydrogen-bond acceptors (Lipinski definition) is 4. The molecule has 1 aliphatic heterocycles. The smallest absolute Gasteiger partial charge is 0.235 e. The summed E-state index contributed by atoms with van der Waals surface area (Å²) in [4.78, 5) is 13.1. The first-order valence-electron chi connectivity index (χ1n) is 4.96. The Morgan fingerprint density at radius 2 is 2.43 bits per heavy atom. The number of carbonyl (C=O) groups excluding carboxylic acids is 1. The predicted octanol–water partition coefficient (Wildman–Crippen LogP) is -0.524. The average molecular weight is 201 g/mol. The molecule has 1 heterocycles. The molecule has 1 amide bonds. The van der Waals surface area contributed by atoms with Gasteiger partial charge in [0, 0.05) is 25.6 Å². The average Bonchev–Trinajstić information content (AvgIpc) is 2.60. The van der Waals surface area contributed by atoms with Crippen molar-refractivity contribution in [2.24, 2.45) is 5.84 Å². The van der Waals surface area contributed by atoms with Crippen molar-refractivity contribution in [3.8, 4) is 0 Å². The van der Waals surface area contributed by atoms with Crippen molar-refractivity contribution in [3.63, 3.8) is 0 Å². The van der Waals surface area contributed by atoms with Crippen LogP contribution >= 0.6 is 0 Å². The molecule has 5 nitrogen and oxygen atoms in total. The van der Waals surface area contributed by atoms with Crippen LogP contribution in [-0.2, 0) is 9.53 Å². The first-order chi connectivity index (χ1) is 6.65. The first kappa shape index (κ1) is 11.4. The normalized spacial score (nSPS) is 26.9. The van der Waals surface area contributed by atoms with E-state index in [2.05, 4.69) is 17.2 Å². The Kier molecular flexibility index (Phi) is 4.31. The molecule has 2 unspecified atom stereocenters. The van der Waals surface area contributed by atoms with Crippen molar-refractivity contribution in [1.29, 1.82) is 0 Å². The summed E-state index contributed by atoms with van der Waals surface area (Å²) >= 11 is 0. The standard InChI is InChI=1S/C9H19N3O2/c1-7-8(4-6-14-7)12(2)5-3-9(13)11-10/h7-8H,3-6,10H2,1-2H3,(H,11,13). The second-order valence-corrected chi connectivity index (χ2v) is 3.73. The molecule has 14 heavy (non-hydrogen) atoms. The Hall–Kier alpha value is -0.650. The van der Waals surface area contributed by atoms with Crippen LogP contribution in [0.25, 0.3) is 0 Å². The zero-order valence-corrected chi connectivity index (χ0v) is 8.82. The maximum atomic E-state index is 10.9. The predicted molar refractivity (Wildman–Crippen MR) is 53.4 cm³/mol. The summed E-state index contributed by atoms with van der Waals surface area (Å²) in [5.41, 5.74) is 2.13. The lowest BCUT2D eigenvalue weighted by Gasteiger charge is -2.26. The minimum absolute atomic E-state index is 0.122. The van der Waals surface area contributed by atoms with E-state index in [9.17, 15) is 4.79 Å². The van der Waals surface area contributed by atoms with Gasteiger partial charge in [-0.25, -0.2) is 5.84 Å². The number of hydrogen-bond donors (Lipinski definition) is 2. The molecular weight excluding hydrogens is 182 g/mol. The second kappa shape index (κ2) is 5.29. The van der Waals surface area contributed by atoms with E-state index < -0.39 is 0 Å². The van der Waals surface area contributed by atoms with Gasteiger partial charge in [0.2, 0.25) is 5.91 Å². The second-order valence-electron chi connectivity index (χ2n) is 3.73. The van der Waals surface area contributed by atoms with Gasteiger partial charge in [-0.2, -0.15) is 0 Å². The molecule has 2 atom stereocenters. The molecule has 1 rings (SSSR count). The molecule has 1 fully saturated rings. The summed E-state index contributed by atoms with van der Waals surface area (Å²) in [5.74, 6) is 4.87. The van der Waals surface area contributed by atoms with Gasteiger partial charge in [0.15, 0.2) is 0 Å². The lowest BCUT2D eigenvalue weighted by molar-refractivity contribution is -0.121. The maximum absolute atomic E-state index is 10.9. The topological polar surface area (TPSA) is 67.6 Å². The van der Waals surface area contributed by atoms with Crippen molar-refractivity contribution in [2.75, 3.05) is 20.2 Å². The van der Waals surface area contributed by atoms with Crippen LogP contribution in [0.15, 0.2) is 0 Å². The quantitative estimate of drug-likeness (QED) is 0.365. The van der Waals surface area contributed by atoms with Crippen LogP contribution in [0.3, 0.4) is 0 Å². The van der Waals surface area contributed by atoms with Gasteiger partial charge in [-0.1, -0.05) is 0 Å². The van der Waals surface area contributed by atoms with Crippen molar-refractivity contribution < 1.29 is 9.53 Å². The van der Waals surface area contributed by atoms with E-state index in [-0.39, 0.29) is 12.0 Å². The third-order valence-electron chi connectivity index (χ3n) is 2.75. The highest BCUT2D eigenvalue weighted by atomic mass is 16.5. The lowest BCUT2D eigenvalue weighted by atomic mass is 10.1. The number of ether oxygens (including phenoxy) is 1. The van der Waals surface area contributed by atoms with Gasteiger partial charge < -0.3 is 9.64 Å². The van der Waals surface area contributed by atoms with Crippen LogP contribution in [0.5, 0.6) is 0 Å². The van der Waals surface area contributed by atoms with Crippen LogP contribution in [-0.4, -0.2) is 43.2 Å². The van der Waals surface area contributed by atoms with Crippen molar-refractivity contribution >= 4 is 5.91 Å². The summed E-state index contributed by atoms with van der Waals surface area (Å²) in [6.07, 6.45) is 1.75. The summed E-state index contributed by atoms with van der Waals surface area (Å²) in [5, 5.41) is 0. The molecule has 1 saturated heterocycles. The Balaban J connectivity index is 2.27. The number of likely N-dealkylation sites (N-methyl/N-ethyl adjacent to an activating group) is 1. The summed E-state index contributed by atoms with van der Waals surface area (Å²) < 4.78 is 5.45. The number of nitrogens with two attached hydrogens (primary N) is 1. The van der Waals surface area contributed by atoms with Crippen molar-refractivity contribution in [2.45, 2.75) is 31.9 Å². The minimum Gasteiger partial charge on any atom is -0.377 e. The van der Waals surface area contributed by atoms with E-state index in [1.165, 1.54) is 0 Å². The van der Waals surface area contributed by atoms with Crippen LogP contribution in [0, 0.1) is 0 Å². The maximum Gasteiger partial charge on any atom is 0.235 e. The van der Waals surface area contributed by atoms with E-state index >= 15 is 0 Å². The van der Waals surface area contributed by atoms with E-state index in [4.69, 9.17) is 10.6 Å². The summed E-state index contributed by atoms with van der Waals surface area (Å²) in [7, 11) is 2.01. The van der Waals surface area contributed by atoms with Gasteiger partial charge in [-0.15, -0.1) is 0 Å². The molecule has 0 bridgehead atoms. The number of hydrazine groups is 1. The van der Waals surface area contributed by atoms with E-state index in [1.54, 1.807) is 0 Å². The number of amides is 1. The van der Waals surface area contributed by atoms with Gasteiger partial charge in [-0.05, 0) is 20.4 Å². The number of nitrogens with zero attached hydrogens (tertiary/aromatic N) is 1. The molecule has 0 saturated carbocycles. The van der Waals surface area contributed by atoms with Gasteiger partial charge in [-0.3, -0.25) is 10.2 Å². The summed E-state index contributed by atoms with van der Waals surface area (Å²) in [6, 6.07) is 0.431. The van der Waals surface area contributed by atoms with Crippen LogP contribution in [0.2, 0.25) is 0 Å². The molecule has 0 spiro atoms. The fourth-order valence-electron chi connectivity index (χ4n) is 1.82. The fraction of sp³-hybridized carbons (Fsp3) is 0.889. The van der Waals surface area contributed by atoms with E-state index in [0.29, 0.717) is 12.5 Å². The van der Waals surface area contributed by atoms with Gasteiger partial charge in [0.25, 0.3) is 0 Å². The highest BCUT2D eigenvalue weighted by Crippen LogP contribution is 2.17. The first-order valence-corrected chi connectivity index (χ1v) is 4.96. The third-order valence-corrected chi connectivity index (χ3v) is 2.75. The van der Waals surface area contributed by atoms with Crippen molar-refractivity contribution in [3.05, 3.63) is 0 Å². The zero-order chi connectivity index (χ0) is 10.6. The van der Waals surface area contributed by atoms with Gasteiger partial charge >= 0.3 is 0 Å². The zero-order valence-electron chi connectivity index (χ0n) is 8.82. The molecule has 0 radical (unpaired) electrons. The molecule has 1 aliphatic rings.